The standard InChI is InChI=1S/C19H22N4O3S2/c1-5-15-21-12(3)16-11(2)17(27-19(16)22-15)18(24)20-10-13-8-6-7-9-14(13)23-28(4,25)26/h6-9,23H,5,10H2,1-4H3,(H,20,24). The summed E-state index contributed by atoms with van der Waals surface area (Å²) < 4.78 is 25.5. The average Bonchev–Trinajstić information content (AvgIpc) is 2.96. The molecule has 28 heavy (non-hydrogen) atoms. The van der Waals surface area contributed by atoms with Gasteiger partial charge in [-0.3, -0.25) is 9.52 Å². The molecule has 2 aromatic heterocycles. The molecular weight excluding hydrogens is 396 g/mol. The number of rotatable bonds is 6. The highest BCUT2D eigenvalue weighted by Gasteiger charge is 2.19. The van der Waals surface area contributed by atoms with Crippen molar-refractivity contribution in [2.75, 3.05) is 11.0 Å². The van der Waals surface area contributed by atoms with E-state index >= 15 is 0 Å². The molecule has 2 heterocycles. The first-order valence-electron chi connectivity index (χ1n) is 8.80. The molecule has 3 aromatic rings. The molecule has 2 N–H and O–H groups in total. The van der Waals surface area contributed by atoms with Crippen molar-refractivity contribution in [2.45, 2.75) is 33.7 Å². The van der Waals surface area contributed by atoms with Crippen molar-refractivity contribution < 1.29 is 13.2 Å². The van der Waals surface area contributed by atoms with Gasteiger partial charge in [-0.25, -0.2) is 18.4 Å². The summed E-state index contributed by atoms with van der Waals surface area (Å²) in [6, 6.07) is 6.97. The van der Waals surface area contributed by atoms with Gasteiger partial charge in [-0.05, 0) is 31.0 Å². The summed E-state index contributed by atoms with van der Waals surface area (Å²) in [6.45, 7) is 6.03. The van der Waals surface area contributed by atoms with E-state index in [1.807, 2.05) is 20.8 Å². The Morgan fingerprint density at radius 1 is 1.18 bits per heavy atom. The largest absolute Gasteiger partial charge is 0.347 e. The van der Waals surface area contributed by atoms with Crippen molar-refractivity contribution in [3.8, 4) is 0 Å². The smallest absolute Gasteiger partial charge is 0.261 e. The predicted octanol–water partition coefficient (Wildman–Crippen LogP) is 3.17. The van der Waals surface area contributed by atoms with Crippen LogP contribution in [0.1, 0.15) is 39.2 Å². The van der Waals surface area contributed by atoms with Gasteiger partial charge in [0.2, 0.25) is 10.0 Å². The van der Waals surface area contributed by atoms with Gasteiger partial charge >= 0.3 is 0 Å². The van der Waals surface area contributed by atoms with Crippen molar-refractivity contribution in [1.29, 1.82) is 0 Å². The van der Waals surface area contributed by atoms with Gasteiger partial charge in [-0.1, -0.05) is 25.1 Å². The third kappa shape index (κ3) is 4.31. The lowest BCUT2D eigenvalue weighted by Gasteiger charge is -2.11. The van der Waals surface area contributed by atoms with Crippen molar-refractivity contribution in [3.05, 3.63) is 51.8 Å². The molecule has 3 rings (SSSR count). The van der Waals surface area contributed by atoms with Crippen LogP contribution in [0, 0.1) is 13.8 Å². The number of aryl methyl sites for hydroxylation is 3. The molecule has 0 saturated carbocycles. The van der Waals surface area contributed by atoms with Gasteiger partial charge in [0.15, 0.2) is 0 Å². The second kappa shape index (κ2) is 7.84. The Labute approximate surface area is 168 Å². The van der Waals surface area contributed by atoms with Crippen LogP contribution in [-0.2, 0) is 23.0 Å². The first-order valence-corrected chi connectivity index (χ1v) is 11.5. The third-order valence-corrected chi connectivity index (χ3v) is 6.07. The van der Waals surface area contributed by atoms with Gasteiger partial charge in [0.25, 0.3) is 5.91 Å². The monoisotopic (exact) mass is 418 g/mol. The quantitative estimate of drug-likeness (QED) is 0.640. The summed E-state index contributed by atoms with van der Waals surface area (Å²) in [5, 5.41) is 3.80. The van der Waals surface area contributed by atoms with Crippen molar-refractivity contribution in [2.24, 2.45) is 0 Å². The lowest BCUT2D eigenvalue weighted by Crippen LogP contribution is -2.23. The van der Waals surface area contributed by atoms with Crippen molar-refractivity contribution >= 4 is 43.2 Å². The number of benzene rings is 1. The summed E-state index contributed by atoms with van der Waals surface area (Å²) >= 11 is 1.35. The number of hydrogen-bond acceptors (Lipinski definition) is 6. The topological polar surface area (TPSA) is 101 Å². The van der Waals surface area contributed by atoms with Crippen LogP contribution >= 0.6 is 11.3 Å². The number of nitrogens with one attached hydrogen (secondary N) is 2. The third-order valence-electron chi connectivity index (χ3n) is 4.29. The zero-order chi connectivity index (χ0) is 20.5. The van der Waals surface area contributed by atoms with Gasteiger partial charge in [-0.2, -0.15) is 0 Å². The molecular formula is C19H22N4O3S2. The van der Waals surface area contributed by atoms with Gasteiger partial charge in [0.1, 0.15) is 10.7 Å². The van der Waals surface area contributed by atoms with Crippen molar-refractivity contribution in [1.82, 2.24) is 15.3 Å². The Morgan fingerprint density at radius 2 is 1.89 bits per heavy atom. The molecule has 9 heteroatoms. The maximum atomic E-state index is 12.8. The molecule has 0 aliphatic carbocycles. The molecule has 0 saturated heterocycles. The summed E-state index contributed by atoms with van der Waals surface area (Å²) in [5.74, 6) is 0.547. The molecule has 0 aliphatic heterocycles. The van der Waals surface area contributed by atoms with E-state index in [-0.39, 0.29) is 12.5 Å². The Morgan fingerprint density at radius 3 is 2.57 bits per heavy atom. The van der Waals surface area contributed by atoms with Crippen LogP contribution in [0.15, 0.2) is 24.3 Å². The normalized spacial score (nSPS) is 11.6. The van der Waals surface area contributed by atoms with E-state index in [1.54, 1.807) is 24.3 Å². The van der Waals surface area contributed by atoms with E-state index in [9.17, 15) is 13.2 Å². The minimum Gasteiger partial charge on any atom is -0.347 e. The SMILES string of the molecule is CCc1nc(C)c2c(C)c(C(=O)NCc3ccccc3NS(C)(=O)=O)sc2n1. The second-order valence-electron chi connectivity index (χ2n) is 6.53. The minimum absolute atomic E-state index is 0.204. The number of sulfonamides is 1. The summed E-state index contributed by atoms with van der Waals surface area (Å²) in [5.41, 5.74) is 2.87. The van der Waals surface area contributed by atoms with Crippen LogP contribution in [0.5, 0.6) is 0 Å². The molecule has 7 nitrogen and oxygen atoms in total. The van der Waals surface area contributed by atoms with E-state index in [0.29, 0.717) is 16.1 Å². The zero-order valence-electron chi connectivity index (χ0n) is 16.2. The molecule has 0 spiro atoms. The van der Waals surface area contributed by atoms with Gasteiger partial charge < -0.3 is 5.32 Å². The second-order valence-corrected chi connectivity index (χ2v) is 9.28. The van der Waals surface area contributed by atoms with Crippen LogP contribution in [0.25, 0.3) is 10.2 Å². The summed E-state index contributed by atoms with van der Waals surface area (Å²) in [6.07, 6.45) is 1.83. The van der Waals surface area contributed by atoms with Crippen LogP contribution < -0.4 is 10.0 Å². The van der Waals surface area contributed by atoms with Gasteiger partial charge in [0.05, 0.1) is 16.8 Å². The van der Waals surface area contributed by atoms with E-state index in [1.165, 1.54) is 11.3 Å². The molecule has 1 amide bonds. The van der Waals surface area contributed by atoms with Gasteiger partial charge in [-0.15, -0.1) is 11.3 Å². The molecule has 1 aromatic carbocycles. The Hall–Kier alpha value is -2.52. The molecule has 0 unspecified atom stereocenters. The fraction of sp³-hybridized carbons (Fsp3) is 0.316. The van der Waals surface area contributed by atoms with Crippen LogP contribution in [0.3, 0.4) is 0 Å². The zero-order valence-corrected chi connectivity index (χ0v) is 17.8. The predicted molar refractivity (Wildman–Crippen MR) is 112 cm³/mol. The number of nitrogens with zero attached hydrogens (tertiary/aromatic N) is 2. The number of hydrogen-bond donors (Lipinski definition) is 2. The number of aromatic nitrogens is 2. The molecule has 0 aliphatic rings. The minimum atomic E-state index is -3.40. The maximum absolute atomic E-state index is 12.8. The highest BCUT2D eigenvalue weighted by atomic mass is 32.2. The molecule has 0 fully saturated rings. The lowest BCUT2D eigenvalue weighted by molar-refractivity contribution is 0.0954. The number of carbonyl (C=O) groups is 1. The van der Waals surface area contributed by atoms with Crippen LogP contribution in [0.4, 0.5) is 5.69 Å². The molecule has 0 atom stereocenters. The lowest BCUT2D eigenvalue weighted by atomic mass is 10.1. The molecule has 148 valence electrons. The highest BCUT2D eigenvalue weighted by Crippen LogP contribution is 2.31. The van der Waals surface area contributed by atoms with E-state index in [4.69, 9.17) is 0 Å². The number of carbonyl (C=O) groups excluding carboxylic acids is 1. The first-order chi connectivity index (χ1) is 13.2. The Balaban J connectivity index is 1.85. The number of fused-ring (bicyclic) bond motifs is 1. The first kappa shape index (κ1) is 20.2. The summed E-state index contributed by atoms with van der Waals surface area (Å²) in [7, 11) is -3.40. The van der Waals surface area contributed by atoms with E-state index in [0.717, 1.165) is 40.0 Å². The Bertz CT molecular complexity index is 1150. The van der Waals surface area contributed by atoms with Gasteiger partial charge in [0, 0.05) is 24.0 Å². The van der Waals surface area contributed by atoms with Crippen LogP contribution in [0.2, 0.25) is 0 Å². The molecule has 0 radical (unpaired) electrons. The van der Waals surface area contributed by atoms with Crippen LogP contribution in [-0.4, -0.2) is 30.5 Å². The Kier molecular flexibility index (Phi) is 5.66. The molecule has 0 bridgehead atoms. The van der Waals surface area contributed by atoms with E-state index < -0.39 is 10.0 Å². The average molecular weight is 419 g/mol. The number of para-hydroxylation sites is 1. The number of thiophene rings is 1. The maximum Gasteiger partial charge on any atom is 0.261 e. The highest BCUT2D eigenvalue weighted by molar-refractivity contribution is 7.92. The fourth-order valence-electron chi connectivity index (χ4n) is 3.00. The number of amides is 1. The van der Waals surface area contributed by atoms with E-state index in [2.05, 4.69) is 20.0 Å². The fourth-order valence-corrected chi connectivity index (χ4v) is 4.76. The number of anilines is 1. The van der Waals surface area contributed by atoms with Crippen molar-refractivity contribution in [3.63, 3.8) is 0 Å². The summed E-state index contributed by atoms with van der Waals surface area (Å²) in [4.78, 5) is 23.2.